The van der Waals surface area contributed by atoms with E-state index in [0.717, 1.165) is 5.39 Å². The molecular weight excluding hydrogens is 384 g/mol. The number of hydrogen-bond donors (Lipinski definition) is 2. The highest BCUT2D eigenvalue weighted by Crippen LogP contribution is 2.39. The normalized spacial score (nSPS) is 16.8. The Labute approximate surface area is 173 Å². The van der Waals surface area contributed by atoms with Gasteiger partial charge in [0, 0.05) is 18.5 Å². The molecule has 4 rings (SSSR count). The van der Waals surface area contributed by atoms with Gasteiger partial charge in [-0.3, -0.25) is 9.59 Å². The number of phenolic OH excluding ortho intramolecular Hbond substituents is 1. The van der Waals surface area contributed by atoms with E-state index in [0.29, 0.717) is 24.2 Å². The van der Waals surface area contributed by atoms with Crippen molar-refractivity contribution >= 4 is 22.7 Å². The van der Waals surface area contributed by atoms with Crippen molar-refractivity contribution in [3.05, 3.63) is 77.3 Å². The number of aliphatic hydroxyl groups excluding tert-OH is 1. The lowest BCUT2D eigenvalue weighted by molar-refractivity contribution is -0.129. The molecule has 30 heavy (non-hydrogen) atoms. The van der Waals surface area contributed by atoms with E-state index >= 15 is 0 Å². The van der Waals surface area contributed by atoms with Gasteiger partial charge in [-0.15, -0.1) is 0 Å². The molecule has 1 aromatic heterocycles. The molecule has 0 saturated heterocycles. The Balaban J connectivity index is 1.78. The summed E-state index contributed by atoms with van der Waals surface area (Å²) in [6.45, 7) is 0.873. The molecule has 154 valence electrons. The minimum atomic E-state index is -0.779. The summed E-state index contributed by atoms with van der Waals surface area (Å²) in [5.41, 5.74) is 1.14. The number of likely N-dealkylation sites (N-methyl/N-ethyl adjacent to an activating group) is 1. The maximum Gasteiger partial charge on any atom is 0.290 e. The van der Waals surface area contributed by atoms with Gasteiger partial charge in [0.2, 0.25) is 5.78 Å². The van der Waals surface area contributed by atoms with Crippen LogP contribution in [0.1, 0.15) is 22.2 Å². The summed E-state index contributed by atoms with van der Waals surface area (Å²) in [7, 11) is 3.76. The third-order valence-electron chi connectivity index (χ3n) is 5.19. The lowest BCUT2D eigenvalue weighted by Gasteiger charge is -2.27. The van der Waals surface area contributed by atoms with Gasteiger partial charge >= 0.3 is 0 Å². The van der Waals surface area contributed by atoms with E-state index in [1.807, 2.05) is 31.1 Å². The van der Waals surface area contributed by atoms with Crippen molar-refractivity contribution in [3.63, 3.8) is 0 Å². The zero-order chi connectivity index (χ0) is 21.4. The summed E-state index contributed by atoms with van der Waals surface area (Å²) < 4.78 is 5.69. The highest BCUT2D eigenvalue weighted by atomic mass is 16.3. The molecule has 0 radical (unpaired) electrons. The van der Waals surface area contributed by atoms with E-state index in [9.17, 15) is 19.8 Å². The van der Waals surface area contributed by atoms with Crippen LogP contribution < -0.4 is 0 Å². The molecular formula is C23H22N2O5. The fraction of sp³-hybridized carbons (Fsp3) is 0.217. The van der Waals surface area contributed by atoms with E-state index in [1.165, 1.54) is 17.0 Å². The molecule has 0 bridgehead atoms. The average Bonchev–Trinajstić information content (AvgIpc) is 3.26. The number of Topliss-reactive ketones (excluding diaryl/α,β-unsaturated/α-hetero) is 1. The standard InChI is InChI=1S/C23H22N2O5/c1-24(2)11-12-25-20(14-7-9-16(26)10-8-14)19(22(28)23(25)29)21(27)18-13-15-5-3-4-6-17(15)30-18/h3-10,13,20,26,28H,11-12H2,1-2H3/t20-/m1/s1. The number of amides is 1. The van der Waals surface area contributed by atoms with Crippen LogP contribution in [0.5, 0.6) is 5.75 Å². The van der Waals surface area contributed by atoms with Crippen LogP contribution in [-0.4, -0.2) is 58.9 Å². The first kappa shape index (κ1) is 19.7. The highest BCUT2D eigenvalue weighted by Gasteiger charge is 2.44. The van der Waals surface area contributed by atoms with E-state index in [4.69, 9.17) is 4.42 Å². The first-order chi connectivity index (χ1) is 14.4. The maximum atomic E-state index is 13.4. The van der Waals surface area contributed by atoms with Crippen LogP contribution in [0.4, 0.5) is 0 Å². The molecule has 2 heterocycles. The quantitative estimate of drug-likeness (QED) is 0.610. The van der Waals surface area contributed by atoms with Crippen LogP contribution in [-0.2, 0) is 4.79 Å². The minimum Gasteiger partial charge on any atom is -0.508 e. The van der Waals surface area contributed by atoms with Gasteiger partial charge in [0.05, 0.1) is 11.6 Å². The van der Waals surface area contributed by atoms with Crippen molar-refractivity contribution in [2.75, 3.05) is 27.2 Å². The topological polar surface area (TPSA) is 94.2 Å². The molecule has 0 unspecified atom stereocenters. The Morgan fingerprint density at radius 1 is 1.10 bits per heavy atom. The molecule has 3 aromatic rings. The fourth-order valence-corrected chi connectivity index (χ4v) is 3.65. The van der Waals surface area contributed by atoms with Crippen molar-refractivity contribution in [2.24, 2.45) is 0 Å². The van der Waals surface area contributed by atoms with Gasteiger partial charge in [-0.25, -0.2) is 0 Å². The summed E-state index contributed by atoms with van der Waals surface area (Å²) in [4.78, 5) is 29.6. The highest BCUT2D eigenvalue weighted by molar-refractivity contribution is 6.16. The monoisotopic (exact) mass is 406 g/mol. The second-order valence-corrected chi connectivity index (χ2v) is 7.54. The zero-order valence-corrected chi connectivity index (χ0v) is 16.7. The van der Waals surface area contributed by atoms with E-state index in [-0.39, 0.29) is 17.1 Å². The first-order valence-corrected chi connectivity index (χ1v) is 9.58. The Bertz CT molecular complexity index is 1110. The van der Waals surface area contributed by atoms with Crippen molar-refractivity contribution in [1.29, 1.82) is 0 Å². The maximum absolute atomic E-state index is 13.4. The summed E-state index contributed by atoms with van der Waals surface area (Å²) in [6.07, 6.45) is 0. The summed E-state index contributed by atoms with van der Waals surface area (Å²) in [5.74, 6) is -1.58. The summed E-state index contributed by atoms with van der Waals surface area (Å²) in [5, 5.41) is 21.1. The predicted octanol–water partition coefficient (Wildman–Crippen LogP) is 3.28. The molecule has 2 aromatic carbocycles. The van der Waals surface area contributed by atoms with Gasteiger partial charge in [-0.05, 0) is 43.9 Å². The largest absolute Gasteiger partial charge is 0.508 e. The number of hydrogen-bond acceptors (Lipinski definition) is 6. The number of aromatic hydroxyl groups is 1. The smallest absolute Gasteiger partial charge is 0.290 e. The third-order valence-corrected chi connectivity index (χ3v) is 5.19. The van der Waals surface area contributed by atoms with Crippen LogP contribution >= 0.6 is 0 Å². The lowest BCUT2D eigenvalue weighted by Crippen LogP contribution is -2.36. The summed E-state index contributed by atoms with van der Waals surface area (Å²) >= 11 is 0. The molecule has 1 aliphatic heterocycles. The van der Waals surface area contributed by atoms with Crippen molar-refractivity contribution in [2.45, 2.75) is 6.04 Å². The number of carbonyl (C=O) groups excluding carboxylic acids is 2. The number of nitrogens with zero attached hydrogens (tertiary/aromatic N) is 2. The number of fused-ring (bicyclic) bond motifs is 1. The molecule has 2 N–H and O–H groups in total. The Kier molecular flexibility index (Phi) is 5.05. The van der Waals surface area contributed by atoms with Crippen LogP contribution in [0.15, 0.2) is 70.3 Å². The molecule has 0 aliphatic carbocycles. The fourth-order valence-electron chi connectivity index (χ4n) is 3.65. The SMILES string of the molecule is CN(C)CCN1C(=O)C(O)=C(C(=O)c2cc3ccccc3o2)[C@H]1c1ccc(O)cc1. The van der Waals surface area contributed by atoms with E-state index in [1.54, 1.807) is 30.3 Å². The van der Waals surface area contributed by atoms with Crippen LogP contribution in [0, 0.1) is 0 Å². The Hall–Kier alpha value is -3.58. The molecule has 7 nitrogen and oxygen atoms in total. The third kappa shape index (κ3) is 3.44. The Morgan fingerprint density at radius 2 is 1.80 bits per heavy atom. The average molecular weight is 406 g/mol. The van der Waals surface area contributed by atoms with E-state index in [2.05, 4.69) is 0 Å². The lowest BCUT2D eigenvalue weighted by atomic mass is 9.95. The van der Waals surface area contributed by atoms with Crippen molar-refractivity contribution < 1.29 is 24.2 Å². The summed E-state index contributed by atoms with van der Waals surface area (Å²) in [6, 6.07) is 14.3. The minimum absolute atomic E-state index is 0.0245. The molecule has 7 heteroatoms. The number of rotatable bonds is 6. The predicted molar refractivity (Wildman–Crippen MR) is 111 cm³/mol. The van der Waals surface area contributed by atoms with Crippen molar-refractivity contribution in [3.8, 4) is 5.75 Å². The number of furan rings is 1. The molecule has 1 aliphatic rings. The number of carbonyl (C=O) groups is 2. The number of phenols is 1. The zero-order valence-electron chi connectivity index (χ0n) is 16.7. The van der Waals surface area contributed by atoms with Gasteiger partial charge in [0.15, 0.2) is 11.5 Å². The van der Waals surface area contributed by atoms with Crippen LogP contribution in [0.25, 0.3) is 11.0 Å². The molecule has 0 saturated carbocycles. The second kappa shape index (κ2) is 7.68. The Morgan fingerprint density at radius 3 is 2.47 bits per heavy atom. The van der Waals surface area contributed by atoms with E-state index < -0.39 is 23.5 Å². The number of aliphatic hydroxyl groups is 1. The van der Waals surface area contributed by atoms with Gasteiger partial charge in [-0.2, -0.15) is 0 Å². The number of ketones is 1. The molecule has 0 spiro atoms. The van der Waals surface area contributed by atoms with Crippen LogP contribution in [0.3, 0.4) is 0 Å². The first-order valence-electron chi connectivity index (χ1n) is 9.58. The molecule has 1 amide bonds. The van der Waals surface area contributed by atoms with Gasteiger partial charge in [-0.1, -0.05) is 30.3 Å². The van der Waals surface area contributed by atoms with Crippen molar-refractivity contribution in [1.82, 2.24) is 9.80 Å². The number of benzene rings is 2. The van der Waals surface area contributed by atoms with Crippen LogP contribution in [0.2, 0.25) is 0 Å². The van der Waals surface area contributed by atoms with Gasteiger partial charge < -0.3 is 24.4 Å². The second-order valence-electron chi connectivity index (χ2n) is 7.54. The molecule has 1 atom stereocenters. The van der Waals surface area contributed by atoms with Gasteiger partial charge in [0.25, 0.3) is 5.91 Å². The molecule has 0 fully saturated rings. The number of para-hydroxylation sites is 1. The van der Waals surface area contributed by atoms with Gasteiger partial charge in [0.1, 0.15) is 11.3 Å².